The van der Waals surface area contributed by atoms with E-state index in [1.54, 1.807) is 11.7 Å². The molecule has 4 N–H and O–H groups in total. The van der Waals surface area contributed by atoms with Gasteiger partial charge in [0.1, 0.15) is 15.9 Å². The number of fused-ring (bicyclic) bond motifs is 1. The van der Waals surface area contributed by atoms with Crippen LogP contribution in [0.4, 0.5) is 0 Å². The number of para-hydroxylation sites is 1. The quantitative estimate of drug-likeness (QED) is 0.224. The molecule has 0 fully saturated rings. The maximum absolute atomic E-state index is 12.7. The van der Waals surface area contributed by atoms with Crippen molar-refractivity contribution in [1.82, 2.24) is 25.3 Å². The first-order valence-electron chi connectivity index (χ1n) is 10.6. The molecule has 0 unspecified atom stereocenters. The molecule has 0 bridgehead atoms. The fourth-order valence-corrected chi connectivity index (χ4v) is 4.36. The van der Waals surface area contributed by atoms with Gasteiger partial charge in [-0.1, -0.05) is 42.6 Å². The van der Waals surface area contributed by atoms with Crippen molar-refractivity contribution < 1.29 is 9.59 Å². The summed E-state index contributed by atoms with van der Waals surface area (Å²) in [7, 11) is 0. The Morgan fingerprint density at radius 1 is 1.18 bits per heavy atom. The van der Waals surface area contributed by atoms with Gasteiger partial charge in [-0.3, -0.25) is 14.6 Å². The monoisotopic (exact) mass is 482 g/mol. The minimum atomic E-state index is -0.339. The molecule has 0 saturated carbocycles. The maximum atomic E-state index is 12.7. The third-order valence-electron chi connectivity index (χ3n) is 5.27. The summed E-state index contributed by atoms with van der Waals surface area (Å²) >= 11 is 7.73. The Hall–Kier alpha value is -3.30. The number of pyridine rings is 1. The molecule has 1 atom stereocenters. The zero-order valence-electron chi connectivity index (χ0n) is 17.8. The van der Waals surface area contributed by atoms with Gasteiger partial charge in [-0.15, -0.1) is 11.3 Å². The van der Waals surface area contributed by atoms with Crippen LogP contribution in [-0.4, -0.2) is 31.8 Å². The lowest BCUT2D eigenvalue weighted by atomic mass is 10.1. The highest BCUT2D eigenvalue weighted by atomic mass is 35.5. The molecule has 4 aromatic rings. The summed E-state index contributed by atoms with van der Waals surface area (Å²) in [4.78, 5) is 40.5. The summed E-state index contributed by atoms with van der Waals surface area (Å²) in [5.74, 6) is 0.117. The minimum Gasteiger partial charge on any atom is -0.370 e. The van der Waals surface area contributed by atoms with E-state index in [1.165, 1.54) is 17.5 Å². The molecule has 4 rings (SSSR count). The van der Waals surface area contributed by atoms with Gasteiger partial charge >= 0.3 is 0 Å². The molecule has 10 heteroatoms. The van der Waals surface area contributed by atoms with Crippen LogP contribution in [0, 0.1) is 0 Å². The molecule has 0 aliphatic heterocycles. The number of rotatable bonds is 10. The van der Waals surface area contributed by atoms with Crippen molar-refractivity contribution in [3.8, 4) is 11.3 Å². The Balaban J connectivity index is 1.54. The molecule has 33 heavy (non-hydrogen) atoms. The number of benzene rings is 1. The van der Waals surface area contributed by atoms with E-state index in [2.05, 4.69) is 25.3 Å². The number of aromatic amines is 1. The summed E-state index contributed by atoms with van der Waals surface area (Å²) < 4.78 is 0. The summed E-state index contributed by atoms with van der Waals surface area (Å²) in [5, 5.41) is 4.39. The number of amides is 2. The van der Waals surface area contributed by atoms with E-state index in [9.17, 15) is 9.59 Å². The van der Waals surface area contributed by atoms with E-state index in [0.717, 1.165) is 35.0 Å². The van der Waals surface area contributed by atoms with E-state index >= 15 is 0 Å². The molecule has 0 saturated heterocycles. The predicted octanol–water partition coefficient (Wildman–Crippen LogP) is 4.64. The van der Waals surface area contributed by atoms with Crippen LogP contribution in [0.3, 0.4) is 0 Å². The minimum absolute atomic E-state index is 0.206. The van der Waals surface area contributed by atoms with Gasteiger partial charge in [0.15, 0.2) is 0 Å². The van der Waals surface area contributed by atoms with Crippen molar-refractivity contribution in [1.29, 1.82) is 0 Å². The number of carbonyl (C=O) groups excluding carboxylic acids is 2. The molecule has 0 radical (unpaired) electrons. The third-order valence-corrected chi connectivity index (χ3v) is 6.33. The van der Waals surface area contributed by atoms with Gasteiger partial charge in [0.25, 0.3) is 5.91 Å². The summed E-state index contributed by atoms with van der Waals surface area (Å²) in [6, 6.07) is 9.38. The van der Waals surface area contributed by atoms with Gasteiger partial charge < -0.3 is 16.0 Å². The van der Waals surface area contributed by atoms with Gasteiger partial charge in [-0.05, 0) is 25.0 Å². The third kappa shape index (κ3) is 5.74. The predicted molar refractivity (Wildman–Crippen MR) is 129 cm³/mol. The van der Waals surface area contributed by atoms with Crippen LogP contribution in [0.5, 0.6) is 0 Å². The lowest BCUT2D eigenvalue weighted by Gasteiger charge is -2.16. The van der Waals surface area contributed by atoms with Crippen molar-refractivity contribution in [2.24, 2.45) is 5.73 Å². The highest BCUT2D eigenvalue weighted by molar-refractivity contribution is 7.11. The first-order chi connectivity index (χ1) is 16.0. The molecule has 170 valence electrons. The SMILES string of the molecule is NC(=O)CCCCC[C@H](NC(=O)c1cncs1)c1ncc(-c2cc3ccccc3nc2Cl)[nH]1. The van der Waals surface area contributed by atoms with Crippen LogP contribution in [0.25, 0.3) is 22.2 Å². The number of H-pyrrole nitrogens is 1. The first-order valence-corrected chi connectivity index (χ1v) is 11.8. The number of nitrogens with two attached hydrogens (primary N) is 1. The molecular weight excluding hydrogens is 460 g/mol. The largest absolute Gasteiger partial charge is 0.370 e. The molecule has 0 aliphatic carbocycles. The highest BCUT2D eigenvalue weighted by Crippen LogP contribution is 2.30. The van der Waals surface area contributed by atoms with E-state index in [0.29, 0.717) is 35.1 Å². The standard InChI is InChI=1S/C23H23ClN6O2S/c24-21-15(10-14-6-4-5-7-16(14)28-21)18-11-27-22(29-18)17(8-2-1-3-9-20(25)31)30-23(32)19-12-26-13-33-19/h4-7,10-13,17H,1-3,8-9H2,(H2,25,31)(H,27,29)(H,30,32)/t17-/m0/s1. The number of halogens is 1. The number of hydrogen-bond acceptors (Lipinski definition) is 6. The van der Waals surface area contributed by atoms with Gasteiger partial charge in [0.2, 0.25) is 5.91 Å². The summed E-state index contributed by atoms with van der Waals surface area (Å²) in [6.45, 7) is 0. The number of nitrogens with zero attached hydrogens (tertiary/aromatic N) is 3. The van der Waals surface area contributed by atoms with Crippen LogP contribution in [-0.2, 0) is 4.79 Å². The zero-order chi connectivity index (χ0) is 23.2. The number of unbranched alkanes of at least 4 members (excludes halogenated alkanes) is 2. The van der Waals surface area contributed by atoms with Crippen molar-refractivity contribution >= 4 is 45.7 Å². The van der Waals surface area contributed by atoms with Crippen LogP contribution >= 0.6 is 22.9 Å². The summed E-state index contributed by atoms with van der Waals surface area (Å²) in [5.41, 5.74) is 9.11. The molecule has 8 nitrogen and oxygen atoms in total. The Bertz CT molecular complexity index is 1260. The normalized spacial score (nSPS) is 12.0. The van der Waals surface area contributed by atoms with Gasteiger partial charge in [0, 0.05) is 17.4 Å². The smallest absolute Gasteiger partial charge is 0.263 e. The van der Waals surface area contributed by atoms with E-state index < -0.39 is 0 Å². The number of thiazole rings is 1. The molecule has 1 aromatic carbocycles. The molecule has 3 heterocycles. The van der Waals surface area contributed by atoms with E-state index in [-0.39, 0.29) is 17.9 Å². The number of primary amides is 1. The maximum Gasteiger partial charge on any atom is 0.263 e. The second-order valence-corrected chi connectivity index (χ2v) is 8.90. The molecule has 0 aliphatic rings. The lowest BCUT2D eigenvalue weighted by Crippen LogP contribution is -2.28. The number of nitrogens with one attached hydrogen (secondary N) is 2. The van der Waals surface area contributed by atoms with Crippen LogP contribution in [0.2, 0.25) is 5.15 Å². The van der Waals surface area contributed by atoms with Crippen molar-refractivity contribution in [3.63, 3.8) is 0 Å². The molecule has 2 amide bonds. The fraction of sp³-hybridized carbons (Fsp3) is 0.261. The molecular formula is C23H23ClN6O2S. The Morgan fingerprint density at radius 3 is 2.82 bits per heavy atom. The second-order valence-electron chi connectivity index (χ2n) is 7.66. The number of aromatic nitrogens is 4. The Morgan fingerprint density at radius 2 is 2.03 bits per heavy atom. The van der Waals surface area contributed by atoms with Crippen LogP contribution in [0.15, 0.2) is 48.2 Å². The van der Waals surface area contributed by atoms with E-state index in [1.807, 2.05) is 30.3 Å². The van der Waals surface area contributed by atoms with Crippen LogP contribution < -0.4 is 11.1 Å². The number of carbonyl (C=O) groups is 2. The van der Waals surface area contributed by atoms with E-state index in [4.69, 9.17) is 17.3 Å². The highest BCUT2D eigenvalue weighted by Gasteiger charge is 2.20. The lowest BCUT2D eigenvalue weighted by molar-refractivity contribution is -0.118. The zero-order valence-corrected chi connectivity index (χ0v) is 19.3. The number of imidazole rings is 1. The van der Waals surface area contributed by atoms with Crippen molar-refractivity contribution in [2.45, 2.75) is 38.1 Å². The van der Waals surface area contributed by atoms with Gasteiger partial charge in [-0.25, -0.2) is 9.97 Å². The average molecular weight is 483 g/mol. The molecule has 3 aromatic heterocycles. The van der Waals surface area contributed by atoms with Gasteiger partial charge in [-0.2, -0.15) is 0 Å². The van der Waals surface area contributed by atoms with Gasteiger partial charge in [0.05, 0.1) is 35.2 Å². The Kier molecular flexibility index (Phi) is 7.31. The topological polar surface area (TPSA) is 127 Å². The number of hydrogen-bond donors (Lipinski definition) is 3. The Labute approximate surface area is 199 Å². The average Bonchev–Trinajstić information content (AvgIpc) is 3.50. The molecule has 0 spiro atoms. The summed E-state index contributed by atoms with van der Waals surface area (Å²) in [6.07, 6.45) is 6.59. The van der Waals surface area contributed by atoms with Crippen molar-refractivity contribution in [3.05, 3.63) is 64.1 Å². The fourth-order valence-electron chi connectivity index (χ4n) is 3.59. The van der Waals surface area contributed by atoms with Crippen molar-refractivity contribution in [2.75, 3.05) is 0 Å². The first kappa shape index (κ1) is 22.9. The second kappa shape index (κ2) is 10.5. The van der Waals surface area contributed by atoms with Crippen LogP contribution in [0.1, 0.15) is 53.6 Å².